The van der Waals surface area contributed by atoms with Crippen molar-refractivity contribution >= 4 is 0 Å². The van der Waals surface area contributed by atoms with Crippen LogP contribution in [-0.2, 0) is 0 Å². The molecule has 0 spiro atoms. The second-order valence-electron chi connectivity index (χ2n) is 2.65. The molecule has 0 unspecified atom stereocenters. The molecule has 10 heavy (non-hydrogen) atoms. The Labute approximate surface area is 61.3 Å². The van der Waals surface area contributed by atoms with E-state index in [-0.39, 0.29) is 0 Å². The zero-order valence-electron chi connectivity index (χ0n) is 5.88. The molecular weight excluding hydrogens is 120 g/mol. The molecule has 0 atom stereocenters. The van der Waals surface area contributed by atoms with Gasteiger partial charge in [-0.05, 0) is 24.0 Å². The first kappa shape index (κ1) is 5.72. The molecule has 0 radical (unpaired) electrons. The maximum absolute atomic E-state index is 2.21. The van der Waals surface area contributed by atoms with E-state index in [9.17, 15) is 0 Å². The van der Waals surface area contributed by atoms with Gasteiger partial charge in [-0.2, -0.15) is 0 Å². The quantitative estimate of drug-likeness (QED) is 0.512. The first-order valence-electron chi connectivity index (χ1n) is 3.68. The van der Waals surface area contributed by atoms with Crippen LogP contribution in [-0.4, -0.2) is 0 Å². The van der Waals surface area contributed by atoms with Crippen LogP contribution in [0.25, 0.3) is 0 Å². The largest absolute Gasteiger partial charge is 0.0801 e. The Morgan fingerprint density at radius 3 is 1.60 bits per heavy atom. The molecular formula is C10H10. The molecule has 0 aliphatic heterocycles. The van der Waals surface area contributed by atoms with Crippen molar-refractivity contribution in [3.63, 3.8) is 0 Å². The van der Waals surface area contributed by atoms with Gasteiger partial charge in [-0.1, -0.05) is 36.5 Å². The van der Waals surface area contributed by atoms with Crippen molar-refractivity contribution in [3.8, 4) is 0 Å². The molecule has 0 heterocycles. The van der Waals surface area contributed by atoms with E-state index in [4.69, 9.17) is 0 Å². The molecule has 0 N–H and O–H groups in total. The zero-order valence-corrected chi connectivity index (χ0v) is 5.88. The molecule has 2 aliphatic rings. The van der Waals surface area contributed by atoms with E-state index in [2.05, 4.69) is 36.5 Å². The van der Waals surface area contributed by atoms with Crippen LogP contribution in [0.15, 0.2) is 47.6 Å². The first-order chi connectivity index (χ1) is 4.97. The van der Waals surface area contributed by atoms with Crippen LogP contribution in [0, 0.1) is 0 Å². The van der Waals surface area contributed by atoms with Crippen molar-refractivity contribution in [3.05, 3.63) is 47.6 Å². The minimum atomic E-state index is 1.13. The van der Waals surface area contributed by atoms with Crippen LogP contribution in [0.2, 0.25) is 0 Å². The van der Waals surface area contributed by atoms with Crippen LogP contribution < -0.4 is 0 Å². The third-order valence-electron chi connectivity index (χ3n) is 1.95. The minimum Gasteiger partial charge on any atom is -0.0801 e. The molecule has 0 nitrogen and oxygen atoms in total. The molecule has 2 aliphatic carbocycles. The van der Waals surface area contributed by atoms with Gasteiger partial charge in [0.05, 0.1) is 0 Å². The molecule has 0 amide bonds. The molecule has 0 aromatic heterocycles. The second-order valence-corrected chi connectivity index (χ2v) is 2.65. The monoisotopic (exact) mass is 130 g/mol. The summed E-state index contributed by atoms with van der Waals surface area (Å²) >= 11 is 0. The van der Waals surface area contributed by atoms with E-state index in [0.717, 1.165) is 12.8 Å². The number of hydrogen-bond donors (Lipinski definition) is 0. The van der Waals surface area contributed by atoms with Crippen molar-refractivity contribution < 1.29 is 0 Å². The zero-order chi connectivity index (χ0) is 6.81. The molecule has 50 valence electrons. The van der Waals surface area contributed by atoms with Gasteiger partial charge >= 0.3 is 0 Å². The van der Waals surface area contributed by atoms with Crippen LogP contribution in [0.3, 0.4) is 0 Å². The average Bonchev–Trinajstić information content (AvgIpc) is 2.59. The fourth-order valence-corrected chi connectivity index (χ4v) is 1.37. The average molecular weight is 130 g/mol. The van der Waals surface area contributed by atoms with Gasteiger partial charge in [0.2, 0.25) is 0 Å². The fourth-order valence-electron chi connectivity index (χ4n) is 1.37. The lowest BCUT2D eigenvalue weighted by atomic mass is 10.1. The topological polar surface area (TPSA) is 0 Å². The predicted molar refractivity (Wildman–Crippen MR) is 43.7 cm³/mol. The number of hydrogen-bond acceptors (Lipinski definition) is 0. The number of rotatable bonds is 1. The van der Waals surface area contributed by atoms with Crippen LogP contribution >= 0.6 is 0 Å². The molecule has 0 saturated carbocycles. The van der Waals surface area contributed by atoms with Gasteiger partial charge in [-0.3, -0.25) is 0 Å². The molecule has 0 bridgehead atoms. The summed E-state index contributed by atoms with van der Waals surface area (Å²) in [5, 5.41) is 0. The lowest BCUT2D eigenvalue weighted by molar-refractivity contribution is 1.18. The van der Waals surface area contributed by atoms with E-state index < -0.39 is 0 Å². The van der Waals surface area contributed by atoms with E-state index in [1.807, 2.05) is 0 Å². The van der Waals surface area contributed by atoms with E-state index in [1.54, 1.807) is 0 Å². The molecule has 0 aromatic rings. The van der Waals surface area contributed by atoms with Crippen LogP contribution in [0.4, 0.5) is 0 Å². The summed E-state index contributed by atoms with van der Waals surface area (Å²) in [5.74, 6) is 0. The van der Waals surface area contributed by atoms with Gasteiger partial charge in [0.25, 0.3) is 0 Å². The van der Waals surface area contributed by atoms with Gasteiger partial charge in [0.15, 0.2) is 0 Å². The van der Waals surface area contributed by atoms with Crippen molar-refractivity contribution in [2.45, 2.75) is 12.8 Å². The highest BCUT2D eigenvalue weighted by Gasteiger charge is 2.05. The highest BCUT2D eigenvalue weighted by atomic mass is 14.1. The first-order valence-corrected chi connectivity index (χ1v) is 3.68. The molecule has 2 rings (SSSR count). The summed E-state index contributed by atoms with van der Waals surface area (Å²) in [6, 6.07) is 0. The summed E-state index contributed by atoms with van der Waals surface area (Å²) in [6.45, 7) is 0. The van der Waals surface area contributed by atoms with Crippen molar-refractivity contribution in [1.82, 2.24) is 0 Å². The summed E-state index contributed by atoms with van der Waals surface area (Å²) in [5.41, 5.74) is 2.98. The van der Waals surface area contributed by atoms with Gasteiger partial charge in [-0.15, -0.1) is 0 Å². The Hall–Kier alpha value is -1.04. The minimum absolute atomic E-state index is 1.13. The van der Waals surface area contributed by atoms with Gasteiger partial charge < -0.3 is 0 Å². The summed E-state index contributed by atoms with van der Waals surface area (Å²) < 4.78 is 0. The van der Waals surface area contributed by atoms with E-state index >= 15 is 0 Å². The Kier molecular flexibility index (Phi) is 1.31. The third-order valence-corrected chi connectivity index (χ3v) is 1.95. The molecule has 0 fully saturated rings. The Morgan fingerprint density at radius 1 is 0.800 bits per heavy atom. The van der Waals surface area contributed by atoms with E-state index in [0.29, 0.717) is 0 Å². The van der Waals surface area contributed by atoms with Crippen LogP contribution in [0.5, 0.6) is 0 Å². The van der Waals surface area contributed by atoms with Crippen LogP contribution in [0.1, 0.15) is 12.8 Å². The molecule has 0 aromatic carbocycles. The predicted octanol–water partition coefficient (Wildman–Crippen LogP) is 2.76. The maximum atomic E-state index is 2.21. The van der Waals surface area contributed by atoms with Gasteiger partial charge in [0.1, 0.15) is 0 Å². The van der Waals surface area contributed by atoms with Gasteiger partial charge in [-0.25, -0.2) is 0 Å². The lowest BCUT2D eigenvalue weighted by Gasteiger charge is -1.99. The highest BCUT2D eigenvalue weighted by molar-refractivity contribution is 5.44. The summed E-state index contributed by atoms with van der Waals surface area (Å²) in [4.78, 5) is 0. The van der Waals surface area contributed by atoms with E-state index in [1.165, 1.54) is 11.1 Å². The van der Waals surface area contributed by atoms with Crippen molar-refractivity contribution in [1.29, 1.82) is 0 Å². The van der Waals surface area contributed by atoms with Gasteiger partial charge in [0, 0.05) is 0 Å². The molecule has 0 saturated heterocycles. The normalized spacial score (nSPS) is 21.6. The third kappa shape index (κ3) is 0.860. The number of allylic oxidation sites excluding steroid dienone is 8. The second kappa shape index (κ2) is 2.30. The summed E-state index contributed by atoms with van der Waals surface area (Å²) in [7, 11) is 0. The fraction of sp³-hybridized carbons (Fsp3) is 0.200. The Balaban J connectivity index is 2.15. The van der Waals surface area contributed by atoms with Crippen molar-refractivity contribution in [2.24, 2.45) is 0 Å². The molecule has 0 heteroatoms. The van der Waals surface area contributed by atoms with Crippen molar-refractivity contribution in [2.75, 3.05) is 0 Å². The summed E-state index contributed by atoms with van der Waals surface area (Å²) in [6.07, 6.45) is 15.4. The highest BCUT2D eigenvalue weighted by Crippen LogP contribution is 2.25. The smallest absolute Gasteiger partial charge is 0.00915 e. The Bertz CT molecular complexity index is 221. The SMILES string of the molecule is C1=CCC(C2=CC=CC2)=C1. The lowest BCUT2D eigenvalue weighted by Crippen LogP contribution is -1.80. The Morgan fingerprint density at radius 2 is 1.30 bits per heavy atom. The standard InChI is InChI=1S/C10H10/c1-2-6-9(5-1)10-7-3-4-8-10/h1-5,7H,6,8H2. The maximum Gasteiger partial charge on any atom is -0.00915 e.